The van der Waals surface area contributed by atoms with Crippen molar-refractivity contribution in [1.29, 1.82) is 0 Å². The number of alkyl halides is 1. The number of carbonyl (C=O) groups is 1. The highest BCUT2D eigenvalue weighted by Crippen LogP contribution is 2.10. The van der Waals surface area contributed by atoms with Gasteiger partial charge in [0.15, 0.2) is 0 Å². The molecular formula is C10H16FNO. The van der Waals surface area contributed by atoms with Gasteiger partial charge < -0.3 is 4.90 Å². The standard InChI is InChI=1S/C10H16FNO/c1-9-4-7-12(8-5-9)10(13)3-2-6-11/h4H,2-3,5-8H2,1H3. The molecule has 74 valence electrons. The van der Waals surface area contributed by atoms with Crippen molar-refractivity contribution in [3.05, 3.63) is 11.6 Å². The lowest BCUT2D eigenvalue weighted by molar-refractivity contribution is -0.131. The van der Waals surface area contributed by atoms with Gasteiger partial charge in [-0.1, -0.05) is 11.6 Å². The summed E-state index contributed by atoms with van der Waals surface area (Å²) in [5.74, 6) is 0.0846. The fourth-order valence-electron chi connectivity index (χ4n) is 1.37. The number of amides is 1. The maximum Gasteiger partial charge on any atom is 0.222 e. The Kier molecular flexibility index (Phi) is 3.93. The molecule has 0 unspecified atom stereocenters. The molecule has 0 aromatic carbocycles. The second kappa shape index (κ2) is 5.00. The summed E-state index contributed by atoms with van der Waals surface area (Å²) in [5.41, 5.74) is 1.34. The Morgan fingerprint density at radius 3 is 3.00 bits per heavy atom. The molecule has 13 heavy (non-hydrogen) atoms. The van der Waals surface area contributed by atoms with E-state index >= 15 is 0 Å². The molecule has 0 bridgehead atoms. The van der Waals surface area contributed by atoms with Crippen LogP contribution < -0.4 is 0 Å². The highest BCUT2D eigenvalue weighted by atomic mass is 19.1. The summed E-state index contributed by atoms with van der Waals surface area (Å²) in [6.45, 7) is 3.18. The Morgan fingerprint density at radius 1 is 1.69 bits per heavy atom. The SMILES string of the molecule is CC1=CCN(C(=O)CCCF)CC1. The zero-order chi connectivity index (χ0) is 9.68. The van der Waals surface area contributed by atoms with Crippen LogP contribution in [0.1, 0.15) is 26.2 Å². The van der Waals surface area contributed by atoms with Gasteiger partial charge in [0, 0.05) is 19.5 Å². The van der Waals surface area contributed by atoms with E-state index in [9.17, 15) is 9.18 Å². The third kappa shape index (κ3) is 3.17. The molecule has 0 spiro atoms. The van der Waals surface area contributed by atoms with Gasteiger partial charge in [-0.25, -0.2) is 0 Å². The molecule has 1 aliphatic heterocycles. The van der Waals surface area contributed by atoms with Crippen LogP contribution in [-0.4, -0.2) is 30.6 Å². The second-order valence-electron chi connectivity index (χ2n) is 3.43. The van der Waals surface area contributed by atoms with Crippen LogP contribution in [-0.2, 0) is 4.79 Å². The molecule has 0 saturated carbocycles. The summed E-state index contributed by atoms with van der Waals surface area (Å²) in [5, 5.41) is 0. The van der Waals surface area contributed by atoms with Gasteiger partial charge in [0.05, 0.1) is 6.67 Å². The van der Waals surface area contributed by atoms with Crippen molar-refractivity contribution < 1.29 is 9.18 Å². The minimum absolute atomic E-state index is 0.0846. The van der Waals surface area contributed by atoms with E-state index in [-0.39, 0.29) is 5.91 Å². The topological polar surface area (TPSA) is 20.3 Å². The first-order valence-corrected chi connectivity index (χ1v) is 4.73. The van der Waals surface area contributed by atoms with Gasteiger partial charge in [-0.05, 0) is 19.8 Å². The quantitative estimate of drug-likeness (QED) is 0.615. The molecule has 3 heteroatoms. The van der Waals surface area contributed by atoms with Crippen molar-refractivity contribution in [3.63, 3.8) is 0 Å². The molecule has 0 N–H and O–H groups in total. The first-order chi connectivity index (χ1) is 6.24. The largest absolute Gasteiger partial charge is 0.339 e. The molecule has 1 amide bonds. The van der Waals surface area contributed by atoms with E-state index in [2.05, 4.69) is 13.0 Å². The van der Waals surface area contributed by atoms with Crippen LogP contribution in [0.2, 0.25) is 0 Å². The minimum atomic E-state index is -0.394. The highest BCUT2D eigenvalue weighted by molar-refractivity contribution is 5.76. The highest BCUT2D eigenvalue weighted by Gasteiger charge is 2.14. The predicted octanol–water partition coefficient (Wildman–Crippen LogP) is 1.91. The van der Waals surface area contributed by atoms with E-state index in [1.165, 1.54) is 5.57 Å². The Bertz CT molecular complexity index is 213. The van der Waals surface area contributed by atoms with Crippen LogP contribution in [0.4, 0.5) is 4.39 Å². The number of hydrogen-bond donors (Lipinski definition) is 0. The maximum absolute atomic E-state index is 11.8. The number of rotatable bonds is 3. The van der Waals surface area contributed by atoms with E-state index < -0.39 is 6.67 Å². The molecular weight excluding hydrogens is 169 g/mol. The number of nitrogens with zero attached hydrogens (tertiary/aromatic N) is 1. The maximum atomic E-state index is 11.8. The lowest BCUT2D eigenvalue weighted by atomic mass is 10.1. The van der Waals surface area contributed by atoms with Gasteiger partial charge in [-0.2, -0.15) is 0 Å². The van der Waals surface area contributed by atoms with Crippen LogP contribution in [0.3, 0.4) is 0 Å². The molecule has 0 aromatic rings. The lowest BCUT2D eigenvalue weighted by Crippen LogP contribution is -2.34. The van der Waals surface area contributed by atoms with Gasteiger partial charge in [0.2, 0.25) is 5.91 Å². The lowest BCUT2D eigenvalue weighted by Gasteiger charge is -2.25. The molecule has 0 aromatic heterocycles. The van der Waals surface area contributed by atoms with E-state index in [0.29, 0.717) is 19.4 Å². The zero-order valence-corrected chi connectivity index (χ0v) is 8.05. The molecule has 1 aliphatic rings. The van der Waals surface area contributed by atoms with Crippen molar-refractivity contribution >= 4 is 5.91 Å². The van der Waals surface area contributed by atoms with Gasteiger partial charge in [0.25, 0.3) is 0 Å². The van der Waals surface area contributed by atoms with Crippen molar-refractivity contribution in [2.24, 2.45) is 0 Å². The third-order valence-electron chi connectivity index (χ3n) is 2.31. The fourth-order valence-corrected chi connectivity index (χ4v) is 1.37. The third-order valence-corrected chi connectivity index (χ3v) is 2.31. The molecule has 1 heterocycles. The van der Waals surface area contributed by atoms with Gasteiger partial charge in [-0.3, -0.25) is 9.18 Å². The molecule has 0 saturated heterocycles. The van der Waals surface area contributed by atoms with Crippen LogP contribution >= 0.6 is 0 Å². The van der Waals surface area contributed by atoms with Crippen LogP contribution in [0, 0.1) is 0 Å². The Labute approximate surface area is 78.4 Å². The van der Waals surface area contributed by atoms with Crippen LogP contribution in [0.15, 0.2) is 11.6 Å². The van der Waals surface area contributed by atoms with Crippen molar-refractivity contribution in [2.45, 2.75) is 26.2 Å². The van der Waals surface area contributed by atoms with Crippen molar-refractivity contribution in [1.82, 2.24) is 4.90 Å². The van der Waals surface area contributed by atoms with Crippen molar-refractivity contribution in [3.8, 4) is 0 Å². The van der Waals surface area contributed by atoms with E-state index in [1.54, 1.807) is 4.90 Å². The van der Waals surface area contributed by atoms with Crippen molar-refractivity contribution in [2.75, 3.05) is 19.8 Å². The molecule has 1 rings (SSSR count). The fraction of sp³-hybridized carbons (Fsp3) is 0.700. The average Bonchev–Trinajstić information content (AvgIpc) is 2.15. The Hall–Kier alpha value is -0.860. The summed E-state index contributed by atoms with van der Waals surface area (Å²) in [4.78, 5) is 13.2. The summed E-state index contributed by atoms with van der Waals surface area (Å²) in [6, 6.07) is 0. The normalized spacial score (nSPS) is 17.1. The molecule has 2 nitrogen and oxygen atoms in total. The van der Waals surface area contributed by atoms with Crippen LogP contribution in [0.25, 0.3) is 0 Å². The second-order valence-corrected chi connectivity index (χ2v) is 3.43. The van der Waals surface area contributed by atoms with E-state index in [4.69, 9.17) is 0 Å². The molecule has 0 atom stereocenters. The van der Waals surface area contributed by atoms with E-state index in [1.807, 2.05) is 0 Å². The summed E-state index contributed by atoms with van der Waals surface area (Å²) < 4.78 is 11.8. The molecule has 0 radical (unpaired) electrons. The first kappa shape index (κ1) is 10.2. The predicted molar refractivity (Wildman–Crippen MR) is 50.2 cm³/mol. The Balaban J connectivity index is 2.32. The summed E-state index contributed by atoms with van der Waals surface area (Å²) in [7, 11) is 0. The van der Waals surface area contributed by atoms with E-state index in [0.717, 1.165) is 13.0 Å². The van der Waals surface area contributed by atoms with Crippen LogP contribution in [0.5, 0.6) is 0 Å². The Morgan fingerprint density at radius 2 is 2.46 bits per heavy atom. The van der Waals surface area contributed by atoms with Gasteiger partial charge >= 0.3 is 0 Å². The monoisotopic (exact) mass is 185 g/mol. The van der Waals surface area contributed by atoms with Gasteiger partial charge in [0.1, 0.15) is 0 Å². The summed E-state index contributed by atoms with van der Waals surface area (Å²) >= 11 is 0. The zero-order valence-electron chi connectivity index (χ0n) is 8.05. The molecule has 0 fully saturated rings. The minimum Gasteiger partial charge on any atom is -0.339 e. The molecule has 0 aliphatic carbocycles. The van der Waals surface area contributed by atoms with Gasteiger partial charge in [-0.15, -0.1) is 0 Å². The number of hydrogen-bond acceptors (Lipinski definition) is 1. The summed E-state index contributed by atoms with van der Waals surface area (Å²) in [6.07, 6.45) is 3.74. The average molecular weight is 185 g/mol. The first-order valence-electron chi connectivity index (χ1n) is 4.73. The number of halogens is 1. The number of carbonyl (C=O) groups excluding carboxylic acids is 1. The smallest absolute Gasteiger partial charge is 0.222 e.